The molecule has 2 aromatic rings. The predicted molar refractivity (Wildman–Crippen MR) is 78.5 cm³/mol. The van der Waals surface area contributed by atoms with Crippen LogP contribution in [0, 0.1) is 0 Å². The maximum atomic E-state index is 12.7. The van der Waals surface area contributed by atoms with Gasteiger partial charge in [0.2, 0.25) is 5.13 Å². The Hall–Kier alpha value is -1.62. The van der Waals surface area contributed by atoms with Crippen molar-refractivity contribution in [3.8, 4) is 0 Å². The van der Waals surface area contributed by atoms with Crippen molar-refractivity contribution in [2.75, 3.05) is 6.26 Å². The van der Waals surface area contributed by atoms with E-state index in [9.17, 15) is 21.8 Å². The van der Waals surface area contributed by atoms with Gasteiger partial charge in [-0.15, -0.1) is 10.2 Å². The van der Waals surface area contributed by atoms with E-state index in [1.165, 1.54) is 12.3 Å². The molecule has 2 unspecified atom stereocenters. The van der Waals surface area contributed by atoms with Crippen molar-refractivity contribution in [3.05, 3.63) is 34.6 Å². The van der Waals surface area contributed by atoms with Crippen LogP contribution in [0.3, 0.4) is 0 Å². The summed E-state index contributed by atoms with van der Waals surface area (Å²) in [6.45, 7) is 0.768. The number of hydrogen-bond donors (Lipinski definition) is 0. The molecule has 0 spiro atoms. The van der Waals surface area contributed by atoms with Crippen LogP contribution in [0.2, 0.25) is 0 Å². The summed E-state index contributed by atoms with van der Waals surface area (Å²) in [5, 5.41) is 6.63. The van der Waals surface area contributed by atoms with Crippen LogP contribution in [-0.4, -0.2) is 25.6 Å². The van der Waals surface area contributed by atoms with E-state index in [-0.39, 0.29) is 10.1 Å². The maximum absolute atomic E-state index is 12.7. The lowest BCUT2D eigenvalue weighted by atomic mass is 10.2. The molecular weight excluding hydrogens is 356 g/mol. The van der Waals surface area contributed by atoms with Gasteiger partial charge < -0.3 is 0 Å². The molecule has 0 bridgehead atoms. The summed E-state index contributed by atoms with van der Waals surface area (Å²) in [7, 11) is -2.87. The van der Waals surface area contributed by atoms with Gasteiger partial charge in [0.1, 0.15) is 17.4 Å². The van der Waals surface area contributed by atoms with Gasteiger partial charge in [-0.3, -0.25) is 4.98 Å². The number of aromatic nitrogens is 3. The molecule has 0 amide bonds. The van der Waals surface area contributed by atoms with E-state index < -0.39 is 33.5 Å². The second-order valence-electron chi connectivity index (χ2n) is 4.68. The zero-order valence-corrected chi connectivity index (χ0v) is 13.7. The van der Waals surface area contributed by atoms with Crippen molar-refractivity contribution in [2.24, 2.45) is 4.36 Å². The maximum Gasteiger partial charge on any atom is 0.433 e. The third kappa shape index (κ3) is 4.22. The van der Waals surface area contributed by atoms with Gasteiger partial charge in [-0.1, -0.05) is 17.4 Å². The van der Waals surface area contributed by atoms with E-state index >= 15 is 0 Å². The Balaban J connectivity index is 2.30. The molecule has 0 aliphatic heterocycles. The molecule has 23 heavy (non-hydrogen) atoms. The molecule has 5 nitrogen and oxygen atoms in total. The molecule has 0 N–H and O–H groups in total. The minimum atomic E-state index is -4.53. The SMILES string of the molecule is CC(c1ccc(C(F)(F)F)nc1)S(C)(=O)=Nc1nnc(CF)s1. The van der Waals surface area contributed by atoms with Crippen molar-refractivity contribution < 1.29 is 21.8 Å². The first-order valence-electron chi connectivity index (χ1n) is 6.26. The molecule has 0 radical (unpaired) electrons. The van der Waals surface area contributed by atoms with Gasteiger partial charge in [-0.2, -0.15) is 17.5 Å². The summed E-state index contributed by atoms with van der Waals surface area (Å²) in [6.07, 6.45) is -2.15. The Kier molecular flexibility index (Phi) is 4.99. The van der Waals surface area contributed by atoms with Crippen LogP contribution < -0.4 is 0 Å². The third-order valence-electron chi connectivity index (χ3n) is 3.03. The number of alkyl halides is 4. The van der Waals surface area contributed by atoms with Crippen molar-refractivity contribution >= 4 is 26.2 Å². The molecular formula is C12H12F4N4OS2. The molecule has 2 heterocycles. The minimum Gasteiger partial charge on any atom is -0.251 e. The highest BCUT2D eigenvalue weighted by Gasteiger charge is 2.32. The predicted octanol–water partition coefficient (Wildman–Crippen LogP) is 3.91. The highest BCUT2D eigenvalue weighted by atomic mass is 32.2. The van der Waals surface area contributed by atoms with Crippen LogP contribution in [0.1, 0.15) is 28.4 Å². The molecule has 0 saturated heterocycles. The zero-order valence-electron chi connectivity index (χ0n) is 12.0. The average molecular weight is 368 g/mol. The first-order chi connectivity index (χ1) is 10.6. The van der Waals surface area contributed by atoms with Gasteiger partial charge in [0.15, 0.2) is 0 Å². The van der Waals surface area contributed by atoms with E-state index in [1.54, 1.807) is 6.92 Å². The van der Waals surface area contributed by atoms with E-state index in [0.29, 0.717) is 5.56 Å². The van der Waals surface area contributed by atoms with Crippen LogP contribution >= 0.6 is 11.3 Å². The Bertz CT molecular complexity index is 794. The van der Waals surface area contributed by atoms with Gasteiger partial charge in [-0.05, 0) is 18.6 Å². The first-order valence-corrected chi connectivity index (χ1v) is 9.06. The number of hydrogen-bond acceptors (Lipinski definition) is 6. The lowest BCUT2D eigenvalue weighted by Gasteiger charge is -2.14. The summed E-state index contributed by atoms with van der Waals surface area (Å²) in [5.41, 5.74) is -0.672. The summed E-state index contributed by atoms with van der Waals surface area (Å²) in [6, 6.07) is 2.04. The molecule has 0 aliphatic rings. The zero-order chi connectivity index (χ0) is 17.3. The fourth-order valence-electron chi connectivity index (χ4n) is 1.64. The summed E-state index contributed by atoms with van der Waals surface area (Å²) in [5.74, 6) is 0. The van der Waals surface area contributed by atoms with E-state index in [2.05, 4.69) is 19.5 Å². The van der Waals surface area contributed by atoms with Crippen LogP contribution in [0.5, 0.6) is 0 Å². The van der Waals surface area contributed by atoms with Gasteiger partial charge >= 0.3 is 6.18 Å². The van der Waals surface area contributed by atoms with Gasteiger partial charge in [0, 0.05) is 12.5 Å². The minimum absolute atomic E-state index is 0.0665. The largest absolute Gasteiger partial charge is 0.433 e. The Morgan fingerprint density at radius 1 is 1.35 bits per heavy atom. The highest BCUT2D eigenvalue weighted by molar-refractivity contribution is 7.93. The van der Waals surface area contributed by atoms with Gasteiger partial charge in [0.25, 0.3) is 0 Å². The standard InChI is InChI=1S/C12H12F4N4OS2/c1-7(8-3-4-9(17-6-8)12(14,15)16)23(2,21)20-11-19-18-10(5-13)22-11/h3-4,6-7H,5H2,1-2H3. The third-order valence-corrected chi connectivity index (χ3v) is 6.05. The number of rotatable bonds is 4. The number of pyridine rings is 1. The summed E-state index contributed by atoms with van der Waals surface area (Å²) >= 11 is 0.871. The summed E-state index contributed by atoms with van der Waals surface area (Å²) < 4.78 is 66.5. The molecule has 0 fully saturated rings. The highest BCUT2D eigenvalue weighted by Crippen LogP contribution is 2.31. The lowest BCUT2D eigenvalue weighted by molar-refractivity contribution is -0.141. The van der Waals surface area contributed by atoms with Crippen molar-refractivity contribution in [1.29, 1.82) is 0 Å². The second kappa shape index (κ2) is 6.48. The molecule has 0 aromatic carbocycles. The topological polar surface area (TPSA) is 68.1 Å². The quantitative estimate of drug-likeness (QED) is 0.768. The molecule has 0 aliphatic carbocycles. The second-order valence-corrected chi connectivity index (χ2v) is 8.33. The Morgan fingerprint density at radius 2 is 2.04 bits per heavy atom. The molecule has 2 atom stereocenters. The fourth-order valence-corrected chi connectivity index (χ4v) is 3.81. The van der Waals surface area contributed by atoms with Gasteiger partial charge in [0.05, 0.1) is 15.0 Å². The molecule has 2 rings (SSSR count). The van der Waals surface area contributed by atoms with Gasteiger partial charge in [-0.25, -0.2) is 8.60 Å². The fraction of sp³-hybridized carbons (Fsp3) is 0.417. The first kappa shape index (κ1) is 17.7. The Morgan fingerprint density at radius 3 is 2.52 bits per heavy atom. The monoisotopic (exact) mass is 368 g/mol. The number of nitrogens with zero attached hydrogens (tertiary/aromatic N) is 4. The number of halogens is 4. The van der Waals surface area contributed by atoms with E-state index in [1.807, 2.05) is 0 Å². The van der Waals surface area contributed by atoms with E-state index in [0.717, 1.165) is 23.6 Å². The molecule has 126 valence electrons. The lowest BCUT2D eigenvalue weighted by Crippen LogP contribution is -2.11. The van der Waals surface area contributed by atoms with Crippen molar-refractivity contribution in [1.82, 2.24) is 15.2 Å². The van der Waals surface area contributed by atoms with Crippen LogP contribution in [-0.2, 0) is 22.6 Å². The van der Waals surface area contributed by atoms with E-state index in [4.69, 9.17) is 0 Å². The Labute approximate surface area is 134 Å². The van der Waals surface area contributed by atoms with Crippen molar-refractivity contribution in [3.63, 3.8) is 0 Å². The van der Waals surface area contributed by atoms with Crippen LogP contribution in [0.4, 0.5) is 22.7 Å². The van der Waals surface area contributed by atoms with Crippen molar-refractivity contribution in [2.45, 2.75) is 25.0 Å². The molecule has 2 aromatic heterocycles. The summed E-state index contributed by atoms with van der Waals surface area (Å²) in [4.78, 5) is 3.34. The molecule has 11 heteroatoms. The van der Waals surface area contributed by atoms with Crippen LogP contribution in [0.15, 0.2) is 22.7 Å². The normalized spacial score (nSPS) is 15.9. The van der Waals surface area contributed by atoms with Crippen LogP contribution in [0.25, 0.3) is 0 Å². The molecule has 0 saturated carbocycles. The smallest absolute Gasteiger partial charge is 0.251 e. The average Bonchev–Trinajstić information content (AvgIpc) is 2.92.